The van der Waals surface area contributed by atoms with Gasteiger partial charge in [0, 0.05) is 17.5 Å². The molecule has 0 bridgehead atoms. The van der Waals surface area contributed by atoms with Gasteiger partial charge in [0.1, 0.15) is 5.52 Å². The monoisotopic (exact) mass is 381 g/mol. The minimum atomic E-state index is 0.590. The predicted molar refractivity (Wildman–Crippen MR) is 80.3 cm³/mol. The van der Waals surface area contributed by atoms with E-state index in [0.29, 0.717) is 17.5 Å². The second kappa shape index (κ2) is 6.07. The minimum Gasteiger partial charge on any atom is -0.490 e. The molecule has 1 aromatic carbocycles. The van der Waals surface area contributed by atoms with Crippen LogP contribution in [0.1, 0.15) is 6.42 Å². The van der Waals surface area contributed by atoms with E-state index in [1.165, 1.54) is 0 Å². The average Bonchev–Trinajstić information content (AvgIpc) is 2.33. The molecular formula is C12H10Cl2INO. The number of ether oxygens (including phenoxy) is 1. The zero-order chi connectivity index (χ0) is 12.3. The van der Waals surface area contributed by atoms with Crippen LogP contribution in [0.5, 0.6) is 5.75 Å². The van der Waals surface area contributed by atoms with Crippen molar-refractivity contribution in [3.63, 3.8) is 0 Å². The van der Waals surface area contributed by atoms with Crippen LogP contribution in [0, 0.1) is 3.57 Å². The highest BCUT2D eigenvalue weighted by Gasteiger charge is 2.11. The topological polar surface area (TPSA) is 22.1 Å². The van der Waals surface area contributed by atoms with E-state index in [9.17, 15) is 0 Å². The summed E-state index contributed by atoms with van der Waals surface area (Å²) >= 11 is 14.0. The number of hydrogen-bond acceptors (Lipinski definition) is 2. The van der Waals surface area contributed by atoms with Crippen molar-refractivity contribution in [2.45, 2.75) is 6.42 Å². The number of hydrogen-bond donors (Lipinski definition) is 0. The van der Waals surface area contributed by atoms with Crippen LogP contribution in [0.4, 0.5) is 0 Å². The molecule has 90 valence electrons. The predicted octanol–water partition coefficient (Wildman–Crippen LogP) is 4.50. The fraction of sp³-hybridized carbons (Fsp3) is 0.250. The Bertz CT molecular complexity index is 533. The number of halogens is 3. The fourth-order valence-corrected chi connectivity index (χ4v) is 2.79. The molecule has 0 aliphatic heterocycles. The van der Waals surface area contributed by atoms with Gasteiger partial charge in [0.05, 0.1) is 15.2 Å². The van der Waals surface area contributed by atoms with Crippen molar-refractivity contribution in [1.29, 1.82) is 0 Å². The number of nitrogens with zero attached hydrogens (tertiary/aromatic N) is 1. The number of pyridine rings is 1. The van der Waals surface area contributed by atoms with Gasteiger partial charge >= 0.3 is 0 Å². The summed E-state index contributed by atoms with van der Waals surface area (Å²) in [6, 6.07) is 5.70. The van der Waals surface area contributed by atoms with Gasteiger partial charge in [0.15, 0.2) is 5.75 Å². The number of rotatable bonds is 4. The van der Waals surface area contributed by atoms with E-state index in [1.807, 2.05) is 18.2 Å². The number of benzene rings is 1. The van der Waals surface area contributed by atoms with Crippen molar-refractivity contribution in [2.24, 2.45) is 0 Å². The van der Waals surface area contributed by atoms with Gasteiger partial charge in [-0.25, -0.2) is 0 Å². The van der Waals surface area contributed by atoms with E-state index >= 15 is 0 Å². The average molecular weight is 382 g/mol. The molecule has 17 heavy (non-hydrogen) atoms. The van der Waals surface area contributed by atoms with Gasteiger partial charge in [-0.1, -0.05) is 11.6 Å². The van der Waals surface area contributed by atoms with E-state index < -0.39 is 0 Å². The highest BCUT2D eigenvalue weighted by atomic mass is 127. The molecule has 0 aliphatic rings. The van der Waals surface area contributed by atoms with Crippen LogP contribution in [0.25, 0.3) is 10.9 Å². The van der Waals surface area contributed by atoms with E-state index in [-0.39, 0.29) is 0 Å². The molecule has 1 aromatic heterocycles. The summed E-state index contributed by atoms with van der Waals surface area (Å²) in [4.78, 5) is 4.33. The van der Waals surface area contributed by atoms with Crippen molar-refractivity contribution < 1.29 is 4.74 Å². The van der Waals surface area contributed by atoms with E-state index in [1.54, 1.807) is 6.20 Å². The molecule has 2 rings (SSSR count). The lowest BCUT2D eigenvalue weighted by Gasteiger charge is -2.11. The lowest BCUT2D eigenvalue weighted by atomic mass is 10.2. The summed E-state index contributed by atoms with van der Waals surface area (Å²) in [6.45, 7) is 0.590. The first-order valence-electron chi connectivity index (χ1n) is 5.15. The molecule has 5 heteroatoms. The molecule has 0 amide bonds. The molecule has 0 saturated carbocycles. The van der Waals surface area contributed by atoms with Gasteiger partial charge in [-0.2, -0.15) is 0 Å². The minimum absolute atomic E-state index is 0.590. The highest BCUT2D eigenvalue weighted by Crippen LogP contribution is 2.34. The van der Waals surface area contributed by atoms with Gasteiger partial charge in [-0.15, -0.1) is 11.6 Å². The third-order valence-corrected chi connectivity index (χ3v) is 3.66. The molecular weight excluding hydrogens is 372 g/mol. The largest absolute Gasteiger partial charge is 0.490 e. The zero-order valence-electron chi connectivity index (χ0n) is 8.92. The molecule has 0 radical (unpaired) electrons. The molecule has 0 atom stereocenters. The third-order valence-electron chi connectivity index (χ3n) is 2.27. The summed E-state index contributed by atoms with van der Waals surface area (Å²) in [6.07, 6.45) is 2.55. The van der Waals surface area contributed by atoms with Crippen LogP contribution in [-0.4, -0.2) is 17.5 Å². The van der Waals surface area contributed by atoms with Crippen molar-refractivity contribution in [3.8, 4) is 5.75 Å². The Kier molecular flexibility index (Phi) is 4.70. The molecule has 0 unspecified atom stereocenters. The first kappa shape index (κ1) is 13.2. The normalized spacial score (nSPS) is 10.8. The van der Waals surface area contributed by atoms with Gasteiger partial charge in [-0.05, 0) is 47.2 Å². The Morgan fingerprint density at radius 3 is 3.00 bits per heavy atom. The third kappa shape index (κ3) is 2.95. The molecule has 2 nitrogen and oxygen atoms in total. The molecule has 0 aliphatic carbocycles. The molecule has 0 fully saturated rings. The number of fused-ring (bicyclic) bond motifs is 1. The quantitative estimate of drug-likeness (QED) is 0.442. The standard InChI is InChI=1S/C12H10Cl2INO/c13-4-2-6-17-12-10(15)7-9(14)8-3-1-5-16-11(8)12/h1,3,5,7H,2,4,6H2. The Balaban J connectivity index is 2.46. The van der Waals surface area contributed by atoms with E-state index in [0.717, 1.165) is 26.6 Å². The summed E-state index contributed by atoms with van der Waals surface area (Å²) in [5.41, 5.74) is 0.805. The van der Waals surface area contributed by atoms with Gasteiger partial charge < -0.3 is 4.74 Å². The maximum absolute atomic E-state index is 6.17. The molecule has 0 N–H and O–H groups in total. The number of alkyl halides is 1. The molecule has 1 heterocycles. The summed E-state index contributed by atoms with van der Waals surface area (Å²) in [7, 11) is 0. The van der Waals surface area contributed by atoms with Crippen molar-refractivity contribution in [1.82, 2.24) is 4.98 Å². The van der Waals surface area contributed by atoms with E-state index in [4.69, 9.17) is 27.9 Å². The van der Waals surface area contributed by atoms with E-state index in [2.05, 4.69) is 27.6 Å². The van der Waals surface area contributed by atoms with Crippen LogP contribution in [0.3, 0.4) is 0 Å². The Labute approximate surface area is 123 Å². The molecule has 0 spiro atoms. The van der Waals surface area contributed by atoms with Crippen LogP contribution in [-0.2, 0) is 0 Å². The van der Waals surface area contributed by atoms with Crippen LogP contribution >= 0.6 is 45.8 Å². The smallest absolute Gasteiger partial charge is 0.158 e. The molecule has 2 aromatic rings. The maximum Gasteiger partial charge on any atom is 0.158 e. The number of aromatic nitrogens is 1. The van der Waals surface area contributed by atoms with Gasteiger partial charge in [-0.3, -0.25) is 4.98 Å². The van der Waals surface area contributed by atoms with Crippen molar-refractivity contribution in [2.75, 3.05) is 12.5 Å². The van der Waals surface area contributed by atoms with Crippen molar-refractivity contribution >= 4 is 56.7 Å². The summed E-state index contributed by atoms with van der Waals surface area (Å²) < 4.78 is 6.70. The summed E-state index contributed by atoms with van der Waals surface area (Å²) in [5, 5.41) is 1.61. The zero-order valence-corrected chi connectivity index (χ0v) is 12.6. The maximum atomic E-state index is 6.17. The fourth-order valence-electron chi connectivity index (χ4n) is 1.51. The Morgan fingerprint density at radius 2 is 2.24 bits per heavy atom. The first-order valence-corrected chi connectivity index (χ1v) is 7.14. The molecule has 0 saturated heterocycles. The lowest BCUT2D eigenvalue weighted by Crippen LogP contribution is -2.01. The van der Waals surface area contributed by atoms with Crippen molar-refractivity contribution in [3.05, 3.63) is 33.0 Å². The van der Waals surface area contributed by atoms with Crippen LogP contribution < -0.4 is 4.74 Å². The van der Waals surface area contributed by atoms with Gasteiger partial charge in [0.25, 0.3) is 0 Å². The highest BCUT2D eigenvalue weighted by molar-refractivity contribution is 14.1. The Morgan fingerprint density at radius 1 is 1.41 bits per heavy atom. The lowest BCUT2D eigenvalue weighted by molar-refractivity contribution is 0.319. The first-order chi connectivity index (χ1) is 8.24. The SMILES string of the molecule is ClCCCOc1c(I)cc(Cl)c2cccnc12. The van der Waals surface area contributed by atoms with Crippen LogP contribution in [0.2, 0.25) is 5.02 Å². The van der Waals surface area contributed by atoms with Crippen LogP contribution in [0.15, 0.2) is 24.4 Å². The second-order valence-corrected chi connectivity index (χ2v) is 5.41. The van der Waals surface area contributed by atoms with Gasteiger partial charge in [0.2, 0.25) is 0 Å². The Hall–Kier alpha value is -0.260. The second-order valence-electron chi connectivity index (χ2n) is 3.46. The summed E-state index contributed by atoms with van der Waals surface area (Å²) in [5.74, 6) is 1.38.